The van der Waals surface area contributed by atoms with Gasteiger partial charge in [0.25, 0.3) is 0 Å². The highest BCUT2D eigenvalue weighted by Crippen LogP contribution is 2.41. The van der Waals surface area contributed by atoms with Crippen molar-refractivity contribution in [3.8, 4) is 6.07 Å². The Labute approximate surface area is 109 Å². The molecule has 1 saturated carbocycles. The average Bonchev–Trinajstić information content (AvgIpc) is 2.41. The zero-order valence-electron chi connectivity index (χ0n) is 10.8. The third-order valence-electron chi connectivity index (χ3n) is 4.28. The molecule has 0 aromatic heterocycles. The molecule has 0 radical (unpaired) electrons. The molecule has 0 amide bonds. The van der Waals surface area contributed by atoms with Gasteiger partial charge in [-0.3, -0.25) is 0 Å². The molecule has 96 valence electrons. The minimum atomic E-state index is -0.490. The molecule has 0 bridgehead atoms. The van der Waals surface area contributed by atoms with E-state index in [1.807, 2.05) is 30.3 Å². The van der Waals surface area contributed by atoms with E-state index in [1.54, 1.807) is 0 Å². The van der Waals surface area contributed by atoms with Gasteiger partial charge in [0, 0.05) is 12.5 Å². The minimum absolute atomic E-state index is 0.0743. The van der Waals surface area contributed by atoms with E-state index in [0.29, 0.717) is 0 Å². The lowest BCUT2D eigenvalue weighted by Crippen LogP contribution is -2.37. The summed E-state index contributed by atoms with van der Waals surface area (Å²) in [5.74, 6) is 0.0743. The van der Waals surface area contributed by atoms with E-state index >= 15 is 0 Å². The van der Waals surface area contributed by atoms with Crippen molar-refractivity contribution >= 4 is 0 Å². The summed E-state index contributed by atoms with van der Waals surface area (Å²) in [5, 5.41) is 19.4. The first-order valence-electron chi connectivity index (χ1n) is 6.91. The monoisotopic (exact) mass is 243 g/mol. The Hall–Kier alpha value is -1.33. The maximum absolute atomic E-state index is 9.75. The Morgan fingerprint density at radius 1 is 1.17 bits per heavy atom. The van der Waals surface area contributed by atoms with Crippen LogP contribution < -0.4 is 0 Å². The smallest absolute Gasteiger partial charge is 0.0872 e. The second-order valence-corrected chi connectivity index (χ2v) is 5.28. The van der Waals surface area contributed by atoms with Gasteiger partial charge in [0.15, 0.2) is 0 Å². The van der Waals surface area contributed by atoms with Gasteiger partial charge in [-0.25, -0.2) is 0 Å². The molecule has 0 spiro atoms. The number of hydrogen-bond donors (Lipinski definition) is 1. The van der Waals surface area contributed by atoms with Gasteiger partial charge in [0.1, 0.15) is 0 Å². The van der Waals surface area contributed by atoms with Crippen molar-refractivity contribution < 1.29 is 5.11 Å². The summed E-state index contributed by atoms with van der Waals surface area (Å²) in [6.45, 7) is 0.114. The van der Waals surface area contributed by atoms with Gasteiger partial charge in [-0.05, 0) is 18.4 Å². The summed E-state index contributed by atoms with van der Waals surface area (Å²) >= 11 is 0. The number of nitrogens with zero attached hydrogens (tertiary/aromatic N) is 1. The molecule has 2 rings (SSSR count). The molecule has 0 saturated heterocycles. The van der Waals surface area contributed by atoms with Crippen LogP contribution in [0.15, 0.2) is 30.3 Å². The largest absolute Gasteiger partial charge is 0.396 e. The average molecular weight is 243 g/mol. The van der Waals surface area contributed by atoms with Crippen LogP contribution in [0.3, 0.4) is 0 Å². The summed E-state index contributed by atoms with van der Waals surface area (Å²) in [5.41, 5.74) is 0.588. The van der Waals surface area contributed by atoms with E-state index in [1.165, 1.54) is 12.8 Å². The summed E-state index contributed by atoms with van der Waals surface area (Å²) in [6.07, 6.45) is 6.47. The Morgan fingerprint density at radius 2 is 1.89 bits per heavy atom. The van der Waals surface area contributed by atoms with Crippen molar-refractivity contribution in [2.75, 3.05) is 6.61 Å². The number of rotatable bonds is 2. The number of hydrogen-bond acceptors (Lipinski definition) is 2. The molecular weight excluding hydrogens is 222 g/mol. The highest BCUT2D eigenvalue weighted by molar-refractivity contribution is 5.33. The topological polar surface area (TPSA) is 44.0 Å². The third kappa shape index (κ3) is 2.42. The van der Waals surface area contributed by atoms with E-state index in [-0.39, 0.29) is 12.5 Å². The van der Waals surface area contributed by atoms with E-state index in [4.69, 9.17) is 0 Å². The summed E-state index contributed by atoms with van der Waals surface area (Å²) in [7, 11) is 0. The van der Waals surface area contributed by atoms with Crippen molar-refractivity contribution in [3.05, 3.63) is 35.9 Å². The van der Waals surface area contributed by atoms with Gasteiger partial charge in [-0.15, -0.1) is 0 Å². The van der Waals surface area contributed by atoms with E-state index in [9.17, 15) is 10.4 Å². The second-order valence-electron chi connectivity index (χ2n) is 5.28. The van der Waals surface area contributed by atoms with E-state index < -0.39 is 5.41 Å². The molecule has 1 aromatic rings. The SMILES string of the molecule is N#CC1(c2ccccc2)CCCCCCC1CO. The van der Waals surface area contributed by atoms with Crippen LogP contribution in [0.5, 0.6) is 0 Å². The zero-order chi connectivity index (χ0) is 12.8. The van der Waals surface area contributed by atoms with Crippen molar-refractivity contribution in [1.82, 2.24) is 0 Å². The van der Waals surface area contributed by atoms with Crippen LogP contribution in [0.25, 0.3) is 0 Å². The molecule has 1 fully saturated rings. The van der Waals surface area contributed by atoms with Gasteiger partial charge >= 0.3 is 0 Å². The Kier molecular flexibility index (Phi) is 4.38. The van der Waals surface area contributed by atoms with Crippen LogP contribution in [0.2, 0.25) is 0 Å². The lowest BCUT2D eigenvalue weighted by Gasteiger charge is -2.36. The molecule has 1 aliphatic rings. The molecule has 2 atom stereocenters. The summed E-state index contributed by atoms with van der Waals surface area (Å²) in [4.78, 5) is 0. The fourth-order valence-corrected chi connectivity index (χ4v) is 3.17. The summed E-state index contributed by atoms with van der Waals surface area (Å²) in [6, 6.07) is 12.6. The molecule has 1 N–H and O–H groups in total. The second kappa shape index (κ2) is 6.02. The first-order valence-corrected chi connectivity index (χ1v) is 6.91. The molecule has 2 nitrogen and oxygen atoms in total. The first-order chi connectivity index (χ1) is 8.83. The predicted octanol–water partition coefficient (Wildman–Crippen LogP) is 3.41. The van der Waals surface area contributed by atoms with Gasteiger partial charge in [0.05, 0.1) is 11.5 Å². The van der Waals surface area contributed by atoms with Gasteiger partial charge in [0.2, 0.25) is 0 Å². The molecule has 1 aromatic carbocycles. The third-order valence-corrected chi connectivity index (χ3v) is 4.28. The fraction of sp³-hybridized carbons (Fsp3) is 0.562. The van der Waals surface area contributed by atoms with Crippen molar-refractivity contribution in [1.29, 1.82) is 5.26 Å². The predicted molar refractivity (Wildman–Crippen MR) is 72.0 cm³/mol. The molecular formula is C16H21NO. The van der Waals surface area contributed by atoms with E-state index in [2.05, 4.69) is 6.07 Å². The minimum Gasteiger partial charge on any atom is -0.396 e. The van der Waals surface area contributed by atoms with Crippen LogP contribution >= 0.6 is 0 Å². The van der Waals surface area contributed by atoms with Crippen LogP contribution in [0.4, 0.5) is 0 Å². The maximum atomic E-state index is 9.75. The zero-order valence-corrected chi connectivity index (χ0v) is 10.8. The Bertz CT molecular complexity index is 409. The van der Waals surface area contributed by atoms with Crippen LogP contribution in [0, 0.1) is 17.2 Å². The van der Waals surface area contributed by atoms with Gasteiger partial charge in [-0.2, -0.15) is 5.26 Å². The van der Waals surface area contributed by atoms with Crippen molar-refractivity contribution in [2.45, 2.75) is 43.9 Å². The lowest BCUT2D eigenvalue weighted by atomic mass is 9.65. The van der Waals surface area contributed by atoms with Crippen LogP contribution in [-0.4, -0.2) is 11.7 Å². The highest BCUT2D eigenvalue weighted by Gasteiger charge is 2.40. The number of aliphatic hydroxyl groups is 1. The van der Waals surface area contributed by atoms with E-state index in [0.717, 1.165) is 31.2 Å². The van der Waals surface area contributed by atoms with Gasteiger partial charge in [-0.1, -0.05) is 56.0 Å². The molecule has 0 heterocycles. The Balaban J connectivity index is 2.39. The first kappa shape index (κ1) is 13.1. The molecule has 2 heteroatoms. The van der Waals surface area contributed by atoms with Crippen molar-refractivity contribution in [2.24, 2.45) is 5.92 Å². The maximum Gasteiger partial charge on any atom is 0.0872 e. The normalized spacial score (nSPS) is 29.0. The Morgan fingerprint density at radius 3 is 2.56 bits per heavy atom. The molecule has 1 aliphatic carbocycles. The molecule has 0 aliphatic heterocycles. The number of nitriles is 1. The number of aliphatic hydroxyl groups excluding tert-OH is 1. The van der Waals surface area contributed by atoms with Gasteiger partial charge < -0.3 is 5.11 Å². The highest BCUT2D eigenvalue weighted by atomic mass is 16.3. The molecule has 2 unspecified atom stereocenters. The quantitative estimate of drug-likeness (QED) is 0.865. The van der Waals surface area contributed by atoms with Crippen LogP contribution in [-0.2, 0) is 5.41 Å². The number of benzene rings is 1. The van der Waals surface area contributed by atoms with Crippen LogP contribution in [0.1, 0.15) is 44.1 Å². The van der Waals surface area contributed by atoms with Crippen molar-refractivity contribution in [3.63, 3.8) is 0 Å². The summed E-state index contributed by atoms with van der Waals surface area (Å²) < 4.78 is 0. The lowest BCUT2D eigenvalue weighted by molar-refractivity contribution is 0.150. The standard InChI is InChI=1S/C16H21NO/c17-13-16(14-8-5-3-6-9-14)11-7-2-1-4-10-15(16)12-18/h3,5-6,8-9,15,18H,1-2,4,7,10-12H2. The fourth-order valence-electron chi connectivity index (χ4n) is 3.17. The molecule has 18 heavy (non-hydrogen) atoms.